The van der Waals surface area contributed by atoms with Gasteiger partial charge in [-0.3, -0.25) is 4.90 Å². The van der Waals surface area contributed by atoms with Crippen molar-refractivity contribution < 1.29 is 18.4 Å². The fourth-order valence-electron chi connectivity index (χ4n) is 1.89. The fourth-order valence-corrected chi connectivity index (χ4v) is 1.89. The van der Waals surface area contributed by atoms with E-state index in [1.54, 1.807) is 0 Å². The number of hydrogen-bond acceptors (Lipinski definition) is 3. The molecule has 0 heterocycles. The van der Waals surface area contributed by atoms with Crippen LogP contribution in [0, 0.1) is 11.6 Å². The fraction of sp³-hybridized carbons (Fsp3) is 0.308. The lowest BCUT2D eigenvalue weighted by atomic mass is 10.1. The summed E-state index contributed by atoms with van der Waals surface area (Å²) in [5.74, 6) is -2.50. The number of guanidine groups is 1. The minimum absolute atomic E-state index is 0.00695. The van der Waals surface area contributed by atoms with Gasteiger partial charge in [-0.1, -0.05) is 0 Å². The molecule has 0 spiro atoms. The third-order valence-electron chi connectivity index (χ3n) is 2.80. The minimum atomic E-state index is -1.14. The molecule has 1 aromatic carbocycles. The summed E-state index contributed by atoms with van der Waals surface area (Å²) in [6.07, 6.45) is 0.628. The average Bonchev–Trinajstić information content (AvgIpc) is 2.42. The molecule has 1 rings (SSSR count). The van der Waals surface area contributed by atoms with Gasteiger partial charge in [0.05, 0.1) is 5.69 Å². The molecule has 22 heavy (non-hydrogen) atoms. The number of carbonyl (C=O) groups is 2. The number of hydrogen-bond donors (Lipinski definition) is 3. The van der Waals surface area contributed by atoms with Crippen molar-refractivity contribution in [3.05, 3.63) is 29.8 Å². The number of benzene rings is 1. The number of primary amides is 1. The molecule has 0 fully saturated rings. The summed E-state index contributed by atoms with van der Waals surface area (Å²) in [5, 5.41) is 0. The Morgan fingerprint density at radius 1 is 1.27 bits per heavy atom. The molecule has 1 unspecified atom stereocenters. The first-order valence-electron chi connectivity index (χ1n) is 6.43. The molecule has 6 N–H and O–H groups in total. The van der Waals surface area contributed by atoms with E-state index in [-0.39, 0.29) is 24.5 Å². The molecule has 0 radical (unpaired) electrons. The van der Waals surface area contributed by atoms with Gasteiger partial charge in [0.1, 0.15) is 12.5 Å². The van der Waals surface area contributed by atoms with Gasteiger partial charge in [-0.25, -0.2) is 18.6 Å². The van der Waals surface area contributed by atoms with Gasteiger partial charge in [0.15, 0.2) is 17.6 Å². The first-order chi connectivity index (χ1) is 10.4. The lowest BCUT2D eigenvalue weighted by Gasteiger charge is -2.27. The van der Waals surface area contributed by atoms with Crippen LogP contribution in [0.2, 0.25) is 0 Å². The molecule has 1 aromatic rings. The number of aldehydes is 1. The number of aliphatic imine (C=N–C) groups is 1. The maximum atomic E-state index is 13.4. The van der Waals surface area contributed by atoms with Gasteiger partial charge in [-0.05, 0) is 25.0 Å². The maximum absolute atomic E-state index is 13.4. The molecule has 0 bridgehead atoms. The Morgan fingerprint density at radius 2 is 1.95 bits per heavy atom. The number of halogens is 2. The van der Waals surface area contributed by atoms with Crippen LogP contribution < -0.4 is 22.1 Å². The second-order valence-corrected chi connectivity index (χ2v) is 4.44. The number of urea groups is 1. The van der Waals surface area contributed by atoms with Crippen molar-refractivity contribution in [1.82, 2.24) is 0 Å². The SMILES string of the molecule is NC(=O)N(c1ccc(F)c(F)c1)C(CCCC=O)N=C(N)N. The van der Waals surface area contributed by atoms with Crippen LogP contribution in [-0.4, -0.2) is 24.4 Å². The number of anilines is 1. The van der Waals surface area contributed by atoms with Crippen molar-refractivity contribution in [2.24, 2.45) is 22.2 Å². The van der Waals surface area contributed by atoms with Gasteiger partial charge >= 0.3 is 6.03 Å². The number of nitrogens with two attached hydrogens (primary N) is 3. The molecule has 0 aliphatic carbocycles. The maximum Gasteiger partial charge on any atom is 0.321 e. The second kappa shape index (κ2) is 7.91. The first kappa shape index (κ1) is 17.3. The van der Waals surface area contributed by atoms with Crippen molar-refractivity contribution in [2.75, 3.05) is 4.90 Å². The molecule has 0 aromatic heterocycles. The van der Waals surface area contributed by atoms with Crippen LogP contribution in [0.25, 0.3) is 0 Å². The number of rotatable bonds is 7. The van der Waals surface area contributed by atoms with Gasteiger partial charge < -0.3 is 22.0 Å². The molecule has 120 valence electrons. The third-order valence-corrected chi connectivity index (χ3v) is 2.80. The number of nitrogens with zero attached hydrogens (tertiary/aromatic N) is 2. The van der Waals surface area contributed by atoms with Gasteiger partial charge in [0.2, 0.25) is 0 Å². The van der Waals surface area contributed by atoms with E-state index in [0.29, 0.717) is 12.7 Å². The topological polar surface area (TPSA) is 128 Å². The van der Waals surface area contributed by atoms with E-state index in [4.69, 9.17) is 17.2 Å². The normalized spacial score (nSPS) is 11.5. The van der Waals surface area contributed by atoms with Crippen molar-refractivity contribution in [3.8, 4) is 0 Å². The van der Waals surface area contributed by atoms with Gasteiger partial charge in [0, 0.05) is 12.5 Å². The predicted octanol–water partition coefficient (Wildman–Crippen LogP) is 0.819. The Balaban J connectivity index is 3.16. The summed E-state index contributed by atoms with van der Waals surface area (Å²) in [6.45, 7) is 0. The standard InChI is InChI=1S/C13H17F2N5O2/c14-9-5-4-8(7-10(9)15)20(13(18)22)11(19-12(16)17)3-1-2-6-21/h4-7,11H,1-3H2,(H2,18,22)(H4,16,17,19). The van der Waals surface area contributed by atoms with E-state index in [0.717, 1.165) is 17.0 Å². The average molecular weight is 313 g/mol. The Kier molecular flexibility index (Phi) is 6.24. The molecular weight excluding hydrogens is 296 g/mol. The van der Waals surface area contributed by atoms with Crippen LogP contribution >= 0.6 is 0 Å². The van der Waals surface area contributed by atoms with Crippen LogP contribution in [0.3, 0.4) is 0 Å². The van der Waals surface area contributed by atoms with Gasteiger partial charge in [-0.15, -0.1) is 0 Å². The summed E-state index contributed by atoms with van der Waals surface area (Å²) in [5.41, 5.74) is 15.9. The van der Waals surface area contributed by atoms with Crippen molar-refractivity contribution in [1.29, 1.82) is 0 Å². The lowest BCUT2D eigenvalue weighted by molar-refractivity contribution is -0.107. The van der Waals surface area contributed by atoms with E-state index in [1.165, 1.54) is 6.07 Å². The van der Waals surface area contributed by atoms with Crippen LogP contribution in [-0.2, 0) is 4.79 Å². The zero-order valence-electron chi connectivity index (χ0n) is 11.7. The third kappa shape index (κ3) is 4.69. The zero-order valence-corrected chi connectivity index (χ0v) is 11.7. The Labute approximate surface area is 125 Å². The van der Waals surface area contributed by atoms with Gasteiger partial charge in [0.25, 0.3) is 0 Å². The van der Waals surface area contributed by atoms with E-state index >= 15 is 0 Å². The number of carbonyl (C=O) groups excluding carboxylic acids is 2. The van der Waals surface area contributed by atoms with Crippen LogP contribution in [0.15, 0.2) is 23.2 Å². The van der Waals surface area contributed by atoms with Crippen LogP contribution in [0.1, 0.15) is 19.3 Å². The molecule has 0 aliphatic heterocycles. The predicted molar refractivity (Wildman–Crippen MR) is 77.9 cm³/mol. The molecular formula is C13H17F2N5O2. The Bertz CT molecular complexity index is 576. The Hall–Kier alpha value is -2.71. The number of unbranched alkanes of at least 4 members (excludes halogenated alkanes) is 1. The molecule has 0 saturated carbocycles. The van der Waals surface area contributed by atoms with Gasteiger partial charge in [-0.2, -0.15) is 0 Å². The van der Waals surface area contributed by atoms with Crippen LogP contribution in [0.4, 0.5) is 19.3 Å². The van der Waals surface area contributed by atoms with Crippen molar-refractivity contribution in [2.45, 2.75) is 25.4 Å². The van der Waals surface area contributed by atoms with E-state index < -0.39 is 23.8 Å². The molecule has 9 heteroatoms. The summed E-state index contributed by atoms with van der Waals surface area (Å²) < 4.78 is 26.4. The largest absolute Gasteiger partial charge is 0.370 e. The highest BCUT2D eigenvalue weighted by atomic mass is 19.2. The number of amides is 2. The lowest BCUT2D eigenvalue weighted by Crippen LogP contribution is -2.44. The monoisotopic (exact) mass is 313 g/mol. The highest BCUT2D eigenvalue weighted by Gasteiger charge is 2.24. The first-order valence-corrected chi connectivity index (χ1v) is 6.43. The Morgan fingerprint density at radius 3 is 2.45 bits per heavy atom. The summed E-state index contributed by atoms with van der Waals surface area (Å²) in [4.78, 5) is 26.8. The summed E-state index contributed by atoms with van der Waals surface area (Å²) >= 11 is 0. The van der Waals surface area contributed by atoms with E-state index in [2.05, 4.69) is 4.99 Å². The highest BCUT2D eigenvalue weighted by Crippen LogP contribution is 2.23. The minimum Gasteiger partial charge on any atom is -0.370 e. The molecule has 0 aliphatic rings. The molecule has 2 amide bonds. The summed E-state index contributed by atoms with van der Waals surface area (Å²) in [6, 6.07) is 1.92. The summed E-state index contributed by atoms with van der Waals surface area (Å²) in [7, 11) is 0. The highest BCUT2D eigenvalue weighted by molar-refractivity contribution is 5.91. The van der Waals surface area contributed by atoms with Crippen molar-refractivity contribution in [3.63, 3.8) is 0 Å². The second-order valence-electron chi connectivity index (χ2n) is 4.44. The zero-order chi connectivity index (χ0) is 16.7. The quantitative estimate of drug-likeness (QED) is 0.298. The smallest absolute Gasteiger partial charge is 0.321 e. The van der Waals surface area contributed by atoms with E-state index in [9.17, 15) is 18.4 Å². The molecule has 7 nitrogen and oxygen atoms in total. The van der Waals surface area contributed by atoms with Crippen molar-refractivity contribution >= 4 is 24.0 Å². The molecule has 0 saturated heterocycles. The van der Waals surface area contributed by atoms with E-state index in [1.807, 2.05) is 0 Å². The molecule has 1 atom stereocenters. The van der Waals surface area contributed by atoms with Crippen LogP contribution in [0.5, 0.6) is 0 Å².